The topological polar surface area (TPSA) is 103 Å². The predicted octanol–water partition coefficient (Wildman–Crippen LogP) is 2.33. The van der Waals surface area contributed by atoms with E-state index in [1.165, 1.54) is 17.0 Å². The van der Waals surface area contributed by atoms with Crippen LogP contribution in [0.25, 0.3) is 21.7 Å². The molecule has 0 atom stereocenters. The first-order valence-corrected chi connectivity index (χ1v) is 8.07. The Balaban J connectivity index is 1.95. The highest BCUT2D eigenvalue weighted by Crippen LogP contribution is 2.33. The van der Waals surface area contributed by atoms with Crippen LogP contribution in [0.4, 0.5) is 5.69 Å². The van der Waals surface area contributed by atoms with Crippen LogP contribution in [0.1, 0.15) is 10.4 Å². The van der Waals surface area contributed by atoms with E-state index in [0.717, 1.165) is 0 Å². The smallest absolute Gasteiger partial charge is 0.349 e. The van der Waals surface area contributed by atoms with Crippen molar-refractivity contribution in [1.29, 1.82) is 0 Å². The van der Waals surface area contributed by atoms with Crippen LogP contribution in [0.15, 0.2) is 45.6 Å². The molecule has 0 N–H and O–H groups in total. The number of non-ortho nitro benzene ring substituents is 1. The van der Waals surface area contributed by atoms with E-state index in [-0.39, 0.29) is 16.8 Å². The molecule has 1 saturated heterocycles. The largest absolute Gasteiger partial charge is 0.422 e. The number of morpholine rings is 1. The summed E-state index contributed by atoms with van der Waals surface area (Å²) in [5.41, 5.74) is -0.959. The van der Waals surface area contributed by atoms with Gasteiger partial charge in [0.25, 0.3) is 11.6 Å². The Morgan fingerprint density at radius 1 is 1.08 bits per heavy atom. The number of fused-ring (bicyclic) bond motifs is 3. The fraction of sp³-hybridized carbons (Fsp3) is 0.222. The van der Waals surface area contributed by atoms with Crippen molar-refractivity contribution < 1.29 is 18.9 Å². The summed E-state index contributed by atoms with van der Waals surface area (Å²) in [6.07, 6.45) is 0. The van der Waals surface area contributed by atoms with Crippen molar-refractivity contribution in [1.82, 2.24) is 4.90 Å². The van der Waals surface area contributed by atoms with Gasteiger partial charge in [0.2, 0.25) is 0 Å². The SMILES string of the molecule is O=C(c1cc2c(cc([N+](=O)[O-])c3ccccc32)oc1=O)N1CCOCC1. The molecule has 1 aliphatic heterocycles. The number of nitro benzene ring substituents is 1. The van der Waals surface area contributed by atoms with Gasteiger partial charge in [-0.2, -0.15) is 0 Å². The van der Waals surface area contributed by atoms with Crippen molar-refractivity contribution in [3.05, 3.63) is 62.5 Å². The fourth-order valence-electron chi connectivity index (χ4n) is 3.18. The first kappa shape index (κ1) is 16.2. The second kappa shape index (κ2) is 6.23. The first-order chi connectivity index (χ1) is 12.6. The quantitative estimate of drug-likeness (QED) is 0.303. The van der Waals surface area contributed by atoms with Gasteiger partial charge in [-0.05, 0) is 17.5 Å². The molecule has 4 rings (SSSR count). The molecule has 3 aromatic rings. The van der Waals surface area contributed by atoms with Gasteiger partial charge < -0.3 is 14.1 Å². The van der Waals surface area contributed by atoms with Gasteiger partial charge in [0.05, 0.1) is 29.6 Å². The summed E-state index contributed by atoms with van der Waals surface area (Å²) in [6, 6.07) is 9.45. The summed E-state index contributed by atoms with van der Waals surface area (Å²) in [5, 5.41) is 12.8. The highest BCUT2D eigenvalue weighted by molar-refractivity contribution is 6.11. The van der Waals surface area contributed by atoms with Crippen molar-refractivity contribution in [2.45, 2.75) is 0 Å². The molecule has 2 heterocycles. The van der Waals surface area contributed by atoms with E-state index in [9.17, 15) is 19.7 Å². The van der Waals surface area contributed by atoms with E-state index in [1.807, 2.05) is 0 Å². The van der Waals surface area contributed by atoms with Crippen LogP contribution < -0.4 is 5.63 Å². The van der Waals surface area contributed by atoms with Crippen molar-refractivity contribution in [2.24, 2.45) is 0 Å². The molecule has 0 bridgehead atoms. The van der Waals surface area contributed by atoms with Crippen molar-refractivity contribution in [2.75, 3.05) is 26.3 Å². The minimum absolute atomic E-state index is 0.0823. The third-order valence-electron chi connectivity index (χ3n) is 4.46. The standard InChI is InChI=1S/C18H14N2O6/c21-17(19-5-7-25-8-6-19)14-9-13-11-3-1-2-4-12(11)15(20(23)24)10-16(13)26-18(14)22/h1-4,9-10H,5-8H2. The number of amides is 1. The molecule has 0 radical (unpaired) electrons. The molecule has 0 unspecified atom stereocenters. The molecular weight excluding hydrogens is 340 g/mol. The van der Waals surface area contributed by atoms with Crippen LogP contribution in [-0.2, 0) is 4.74 Å². The maximum Gasteiger partial charge on any atom is 0.349 e. The molecule has 1 amide bonds. The van der Waals surface area contributed by atoms with E-state index in [4.69, 9.17) is 9.15 Å². The molecule has 132 valence electrons. The van der Waals surface area contributed by atoms with Crippen LogP contribution in [0, 0.1) is 10.1 Å². The Kier molecular flexibility index (Phi) is 3.89. The van der Waals surface area contributed by atoms with Gasteiger partial charge in [0.15, 0.2) is 0 Å². The lowest BCUT2D eigenvalue weighted by Crippen LogP contribution is -2.42. The molecule has 26 heavy (non-hydrogen) atoms. The summed E-state index contributed by atoms with van der Waals surface area (Å²) in [6.45, 7) is 1.63. The third kappa shape index (κ3) is 2.60. The van der Waals surface area contributed by atoms with Gasteiger partial charge in [0.1, 0.15) is 11.1 Å². The zero-order valence-corrected chi connectivity index (χ0v) is 13.6. The second-order valence-electron chi connectivity index (χ2n) is 5.96. The van der Waals surface area contributed by atoms with Crippen LogP contribution in [0.2, 0.25) is 0 Å². The highest BCUT2D eigenvalue weighted by Gasteiger charge is 2.24. The second-order valence-corrected chi connectivity index (χ2v) is 5.96. The molecule has 0 aliphatic carbocycles. The highest BCUT2D eigenvalue weighted by atomic mass is 16.6. The molecule has 1 aliphatic rings. The maximum absolute atomic E-state index is 12.7. The average Bonchev–Trinajstić information content (AvgIpc) is 2.66. The van der Waals surface area contributed by atoms with E-state index in [0.29, 0.717) is 42.5 Å². The zero-order chi connectivity index (χ0) is 18.3. The van der Waals surface area contributed by atoms with E-state index >= 15 is 0 Å². The van der Waals surface area contributed by atoms with Gasteiger partial charge in [-0.1, -0.05) is 18.2 Å². The van der Waals surface area contributed by atoms with Crippen LogP contribution >= 0.6 is 0 Å². The lowest BCUT2D eigenvalue weighted by atomic mass is 10.0. The predicted molar refractivity (Wildman–Crippen MR) is 93.4 cm³/mol. The summed E-state index contributed by atoms with van der Waals surface area (Å²) < 4.78 is 10.5. The van der Waals surface area contributed by atoms with Gasteiger partial charge >= 0.3 is 5.63 Å². The Labute approximate surface area is 146 Å². The number of nitro groups is 1. The summed E-state index contributed by atoms with van der Waals surface area (Å²) in [5.74, 6) is -0.425. The van der Waals surface area contributed by atoms with E-state index in [2.05, 4.69) is 0 Å². The molecule has 0 saturated carbocycles. The molecule has 0 spiro atoms. The summed E-state index contributed by atoms with van der Waals surface area (Å²) in [7, 11) is 0. The van der Waals surface area contributed by atoms with Gasteiger partial charge in [-0.3, -0.25) is 14.9 Å². The minimum atomic E-state index is -0.807. The molecule has 2 aromatic carbocycles. The number of rotatable bonds is 2. The number of hydrogen-bond acceptors (Lipinski definition) is 6. The third-order valence-corrected chi connectivity index (χ3v) is 4.46. The monoisotopic (exact) mass is 354 g/mol. The Morgan fingerprint density at radius 2 is 1.77 bits per heavy atom. The van der Waals surface area contributed by atoms with Gasteiger partial charge in [-0.25, -0.2) is 4.79 Å². The maximum atomic E-state index is 12.7. The molecule has 8 nitrogen and oxygen atoms in total. The molecule has 1 fully saturated rings. The molecular formula is C18H14N2O6. The average molecular weight is 354 g/mol. The van der Waals surface area contributed by atoms with Crippen LogP contribution in [0.5, 0.6) is 0 Å². The number of carbonyl (C=O) groups is 1. The number of hydrogen-bond donors (Lipinski definition) is 0. The zero-order valence-electron chi connectivity index (χ0n) is 13.6. The lowest BCUT2D eigenvalue weighted by Gasteiger charge is -2.26. The van der Waals surface area contributed by atoms with Crippen molar-refractivity contribution in [3.8, 4) is 0 Å². The van der Waals surface area contributed by atoms with Crippen LogP contribution in [-0.4, -0.2) is 42.0 Å². The summed E-state index contributed by atoms with van der Waals surface area (Å²) in [4.78, 5) is 37.4. The molecule has 8 heteroatoms. The lowest BCUT2D eigenvalue weighted by molar-refractivity contribution is -0.383. The fourth-order valence-corrected chi connectivity index (χ4v) is 3.18. The number of benzene rings is 2. The number of ether oxygens (including phenoxy) is 1. The first-order valence-electron chi connectivity index (χ1n) is 8.07. The number of carbonyl (C=O) groups excluding carboxylic acids is 1. The van der Waals surface area contributed by atoms with E-state index < -0.39 is 16.5 Å². The Hall–Kier alpha value is -3.26. The van der Waals surface area contributed by atoms with Crippen molar-refractivity contribution >= 4 is 33.3 Å². The van der Waals surface area contributed by atoms with E-state index in [1.54, 1.807) is 24.3 Å². The number of nitrogens with zero attached hydrogens (tertiary/aromatic N) is 2. The Morgan fingerprint density at radius 3 is 2.46 bits per heavy atom. The normalized spacial score (nSPS) is 14.7. The Bertz CT molecular complexity index is 1100. The van der Waals surface area contributed by atoms with Gasteiger partial charge in [0, 0.05) is 18.5 Å². The van der Waals surface area contributed by atoms with Crippen molar-refractivity contribution in [3.63, 3.8) is 0 Å². The summed E-state index contributed by atoms with van der Waals surface area (Å²) >= 11 is 0. The minimum Gasteiger partial charge on any atom is -0.422 e. The van der Waals surface area contributed by atoms with Gasteiger partial charge in [-0.15, -0.1) is 0 Å². The van der Waals surface area contributed by atoms with Crippen LogP contribution in [0.3, 0.4) is 0 Å². The molecule has 1 aromatic heterocycles.